The van der Waals surface area contributed by atoms with Gasteiger partial charge in [-0.1, -0.05) is 18.2 Å². The van der Waals surface area contributed by atoms with E-state index in [4.69, 9.17) is 23.8 Å². The smallest absolute Gasteiger partial charge is 0.280 e. The Hall–Kier alpha value is -4.25. The molecule has 0 saturated heterocycles. The fraction of sp³-hybridized carbons (Fsp3) is 0.130. The Kier molecular flexibility index (Phi) is 4.44. The van der Waals surface area contributed by atoms with Gasteiger partial charge in [-0.15, -0.1) is 0 Å². The van der Waals surface area contributed by atoms with E-state index in [1.807, 2.05) is 0 Å². The average Bonchev–Trinajstić information content (AvgIpc) is 2.93. The highest BCUT2D eigenvalue weighted by Crippen LogP contribution is 2.41. The number of aromatic nitrogens is 4. The molecule has 11 heteroatoms. The minimum absolute atomic E-state index is 0.00108. The zero-order valence-electron chi connectivity index (χ0n) is 25.0. The molecule has 0 aliphatic carbocycles. The van der Waals surface area contributed by atoms with Crippen LogP contribution in [0.2, 0.25) is 0 Å². The predicted octanol–water partition coefficient (Wildman–Crippen LogP) is 3.85. The second-order valence-corrected chi connectivity index (χ2v) is 8.05. The van der Waals surface area contributed by atoms with E-state index >= 15 is 0 Å². The molecule has 0 spiro atoms. The first-order chi connectivity index (χ1) is 19.3. The summed E-state index contributed by atoms with van der Waals surface area (Å²) in [6.45, 7) is 1.35. The van der Waals surface area contributed by atoms with Crippen molar-refractivity contribution in [1.29, 1.82) is 0 Å². The van der Waals surface area contributed by atoms with Crippen molar-refractivity contribution in [3.05, 3.63) is 72.5 Å². The van der Waals surface area contributed by atoms with Gasteiger partial charge in [-0.05, 0) is 42.7 Å². The molecule has 34 heavy (non-hydrogen) atoms. The Bertz CT molecular complexity index is 1770. The number of nitrogens with one attached hydrogen (secondary N) is 1. The van der Waals surface area contributed by atoms with Gasteiger partial charge >= 0.3 is 0 Å². The standard InChI is InChI=1S/C23H21N5O5S/c1-15-8-9-19(25-14-15)34(29,30)28-22-20(33-18-7-5-4-6-17(18)31-2)23(32-3)27-21(26-22)16-10-12-24-13-11-16/h4-14H,1-3H3,(H,26,27,28)/i8D,9D,10D,11D,12D,13D,14D. The van der Waals surface area contributed by atoms with E-state index in [0.29, 0.717) is 0 Å². The van der Waals surface area contributed by atoms with Gasteiger partial charge in [0.15, 0.2) is 28.2 Å². The molecular formula is C23H21N5O5S. The summed E-state index contributed by atoms with van der Waals surface area (Å²) < 4.78 is 102. The van der Waals surface area contributed by atoms with Gasteiger partial charge in [-0.25, -0.2) is 9.97 Å². The van der Waals surface area contributed by atoms with Crippen molar-refractivity contribution in [2.75, 3.05) is 18.9 Å². The number of sulfonamides is 1. The summed E-state index contributed by atoms with van der Waals surface area (Å²) in [5.74, 6) is -1.52. The van der Waals surface area contributed by atoms with Crippen molar-refractivity contribution < 1.29 is 32.2 Å². The van der Waals surface area contributed by atoms with Crippen molar-refractivity contribution in [3.8, 4) is 34.5 Å². The third-order valence-corrected chi connectivity index (χ3v) is 5.34. The first-order valence-electron chi connectivity index (χ1n) is 13.0. The number of para-hydroxylation sites is 2. The van der Waals surface area contributed by atoms with E-state index in [0.717, 1.165) is 0 Å². The van der Waals surface area contributed by atoms with E-state index in [9.17, 15) is 8.42 Å². The van der Waals surface area contributed by atoms with Gasteiger partial charge in [-0.3, -0.25) is 9.71 Å². The molecule has 10 nitrogen and oxygen atoms in total. The van der Waals surface area contributed by atoms with E-state index < -0.39 is 80.7 Å². The number of hydrogen-bond donors (Lipinski definition) is 1. The molecule has 0 aliphatic rings. The molecule has 0 amide bonds. The van der Waals surface area contributed by atoms with Crippen LogP contribution in [0, 0.1) is 6.92 Å². The van der Waals surface area contributed by atoms with Gasteiger partial charge in [0, 0.05) is 24.1 Å². The lowest BCUT2D eigenvalue weighted by Crippen LogP contribution is -2.17. The SMILES string of the molecule is [2H]c1nc([2H])c([2H])c(-c2nc(NS(=O)(=O)c3nc([2H])c(C)c([2H])c3[2H])c(Oc3ccccc3OC)c(OC)n2)c1[2H]. The first-order valence-corrected chi connectivity index (χ1v) is 11.0. The second-order valence-electron chi connectivity index (χ2n) is 6.46. The molecular weight excluding hydrogens is 458 g/mol. The Labute approximate surface area is 206 Å². The van der Waals surface area contributed by atoms with Crippen LogP contribution < -0.4 is 18.9 Å². The number of rotatable bonds is 8. The molecule has 0 bridgehead atoms. The van der Waals surface area contributed by atoms with Crippen LogP contribution in [0.4, 0.5) is 5.82 Å². The molecule has 3 heterocycles. The lowest BCUT2D eigenvalue weighted by molar-refractivity contribution is 0.348. The zero-order chi connectivity index (χ0) is 30.2. The summed E-state index contributed by atoms with van der Waals surface area (Å²) in [5.41, 5.74) is -0.407. The van der Waals surface area contributed by atoms with Crippen molar-refractivity contribution in [1.82, 2.24) is 19.9 Å². The molecule has 0 saturated carbocycles. The monoisotopic (exact) mass is 486 g/mol. The molecule has 1 N–H and O–H groups in total. The van der Waals surface area contributed by atoms with Gasteiger partial charge in [0.2, 0.25) is 5.75 Å². The predicted molar refractivity (Wildman–Crippen MR) is 125 cm³/mol. The van der Waals surface area contributed by atoms with Crippen LogP contribution in [0.3, 0.4) is 0 Å². The number of hydrogen-bond acceptors (Lipinski definition) is 9. The van der Waals surface area contributed by atoms with Gasteiger partial charge < -0.3 is 14.2 Å². The third-order valence-electron chi connectivity index (χ3n) is 4.17. The maximum Gasteiger partial charge on any atom is 0.280 e. The molecule has 3 aromatic heterocycles. The van der Waals surface area contributed by atoms with E-state index in [2.05, 4.69) is 24.7 Å². The summed E-state index contributed by atoms with van der Waals surface area (Å²) in [7, 11) is -2.26. The maximum absolute atomic E-state index is 13.5. The van der Waals surface area contributed by atoms with Crippen molar-refractivity contribution >= 4 is 15.8 Å². The fourth-order valence-corrected chi connectivity index (χ4v) is 3.47. The van der Waals surface area contributed by atoms with E-state index in [1.54, 1.807) is 18.2 Å². The molecule has 174 valence electrons. The quantitative estimate of drug-likeness (QED) is 0.395. The minimum Gasteiger partial charge on any atom is -0.493 e. The number of pyridine rings is 2. The molecule has 0 aliphatic heterocycles. The lowest BCUT2D eigenvalue weighted by atomic mass is 10.2. The summed E-state index contributed by atoms with van der Waals surface area (Å²) in [4.78, 5) is 15.5. The van der Waals surface area contributed by atoms with E-state index in [1.165, 1.54) is 27.2 Å². The second kappa shape index (κ2) is 9.71. The molecule has 0 unspecified atom stereocenters. The molecule has 1 aromatic carbocycles. The van der Waals surface area contributed by atoms with Crippen LogP contribution in [0.5, 0.6) is 23.1 Å². The molecule has 0 atom stereocenters. The van der Waals surface area contributed by atoms with Crippen molar-refractivity contribution in [2.24, 2.45) is 0 Å². The Balaban J connectivity index is 2.00. The number of anilines is 1. The van der Waals surface area contributed by atoms with Crippen LogP contribution in [0.25, 0.3) is 11.4 Å². The number of ether oxygens (including phenoxy) is 3. The summed E-state index contributed by atoms with van der Waals surface area (Å²) >= 11 is 0. The van der Waals surface area contributed by atoms with Crippen LogP contribution in [0.15, 0.2) is 72.0 Å². The Morgan fingerprint density at radius 1 is 0.971 bits per heavy atom. The summed E-state index contributed by atoms with van der Waals surface area (Å²) in [6.07, 6.45) is -1.82. The molecule has 4 rings (SSSR count). The van der Waals surface area contributed by atoms with Crippen LogP contribution in [0.1, 0.15) is 15.2 Å². The average molecular weight is 487 g/mol. The minimum atomic E-state index is -4.82. The molecule has 0 radical (unpaired) electrons. The molecule has 4 aromatic rings. The van der Waals surface area contributed by atoms with Gasteiger partial charge in [0.25, 0.3) is 15.9 Å². The van der Waals surface area contributed by atoms with Crippen LogP contribution in [-0.2, 0) is 10.0 Å². The highest BCUT2D eigenvalue weighted by Gasteiger charge is 2.25. The maximum atomic E-state index is 13.5. The van der Waals surface area contributed by atoms with Gasteiger partial charge in [0.05, 0.1) is 23.8 Å². The van der Waals surface area contributed by atoms with Gasteiger partial charge in [0.1, 0.15) is 0 Å². The topological polar surface area (TPSA) is 125 Å². The fourth-order valence-electron chi connectivity index (χ4n) is 2.63. The first kappa shape index (κ1) is 15.6. The summed E-state index contributed by atoms with van der Waals surface area (Å²) in [6, 6.07) is 3.84. The Morgan fingerprint density at radius 3 is 2.41 bits per heavy atom. The Morgan fingerprint density at radius 2 is 1.71 bits per heavy atom. The van der Waals surface area contributed by atoms with Crippen molar-refractivity contribution in [3.63, 3.8) is 0 Å². The van der Waals surface area contributed by atoms with Crippen molar-refractivity contribution in [2.45, 2.75) is 11.9 Å². The number of nitrogens with zero attached hydrogens (tertiary/aromatic N) is 4. The van der Waals surface area contributed by atoms with E-state index in [-0.39, 0.29) is 22.9 Å². The van der Waals surface area contributed by atoms with Crippen LogP contribution >= 0.6 is 0 Å². The highest BCUT2D eigenvalue weighted by atomic mass is 32.2. The van der Waals surface area contributed by atoms with Gasteiger partial charge in [-0.2, -0.15) is 13.4 Å². The highest BCUT2D eigenvalue weighted by molar-refractivity contribution is 7.92. The zero-order valence-corrected chi connectivity index (χ0v) is 18.9. The van der Waals surface area contributed by atoms with Crippen LogP contribution in [-0.4, -0.2) is 42.6 Å². The lowest BCUT2D eigenvalue weighted by Gasteiger charge is -2.17. The number of benzene rings is 1. The number of methoxy groups -OCH3 is 2. The largest absolute Gasteiger partial charge is 0.493 e. The molecule has 0 fully saturated rings. The third kappa shape index (κ3) is 4.89. The summed E-state index contributed by atoms with van der Waals surface area (Å²) in [5, 5.41) is -0.936. The normalized spacial score (nSPS) is 13.9.